The number of nitro benzene ring substituents is 1. The number of hydrogen-bond acceptors (Lipinski definition) is 5. The molecule has 0 heterocycles. The highest BCUT2D eigenvalue weighted by Gasteiger charge is 2.08. The fourth-order valence-electron chi connectivity index (χ4n) is 1.31. The molecule has 19 heavy (non-hydrogen) atoms. The molecular weight excluding hydrogens is 250 g/mol. The van der Waals surface area contributed by atoms with E-state index in [1.54, 1.807) is 0 Å². The third kappa shape index (κ3) is 4.60. The second-order valence-electron chi connectivity index (χ2n) is 3.57. The van der Waals surface area contributed by atoms with Crippen molar-refractivity contribution in [1.29, 1.82) is 0 Å². The molecule has 0 radical (unpaired) electrons. The molecule has 0 saturated heterocycles. The number of carbonyl (C=O) groups is 2. The number of nitro groups is 1. The third-order valence-electron chi connectivity index (χ3n) is 2.20. The Labute approximate surface area is 109 Å². The van der Waals surface area contributed by atoms with E-state index in [0.717, 1.165) is 0 Å². The fourth-order valence-corrected chi connectivity index (χ4v) is 1.31. The first-order valence-corrected chi connectivity index (χ1v) is 5.37. The van der Waals surface area contributed by atoms with E-state index in [2.05, 4.69) is 16.6 Å². The number of esters is 1. The second kappa shape index (κ2) is 6.91. The monoisotopic (exact) mass is 261 g/mol. The Kier molecular flexibility index (Phi) is 5.23. The SMILES string of the molecule is COC(=O)CCC#Cc1cc(C=O)cc([N+](=O)[O-])c1. The normalized spacial score (nSPS) is 9.11. The molecule has 0 unspecified atom stereocenters. The average molecular weight is 261 g/mol. The molecule has 0 saturated carbocycles. The van der Waals surface area contributed by atoms with Gasteiger partial charge in [-0.1, -0.05) is 11.8 Å². The Hall–Kier alpha value is -2.68. The van der Waals surface area contributed by atoms with Crippen molar-refractivity contribution in [3.05, 3.63) is 39.4 Å². The van der Waals surface area contributed by atoms with Gasteiger partial charge < -0.3 is 4.74 Å². The van der Waals surface area contributed by atoms with E-state index in [9.17, 15) is 19.7 Å². The van der Waals surface area contributed by atoms with Crippen LogP contribution in [-0.4, -0.2) is 24.3 Å². The van der Waals surface area contributed by atoms with Crippen LogP contribution in [0.15, 0.2) is 18.2 Å². The Morgan fingerprint density at radius 2 is 2.21 bits per heavy atom. The van der Waals surface area contributed by atoms with Gasteiger partial charge >= 0.3 is 5.97 Å². The first kappa shape index (κ1) is 14.4. The number of hydrogen-bond donors (Lipinski definition) is 0. The van der Waals surface area contributed by atoms with Gasteiger partial charge in [0.1, 0.15) is 6.29 Å². The Balaban J connectivity index is 2.86. The lowest BCUT2D eigenvalue weighted by atomic mass is 10.1. The molecule has 6 heteroatoms. The predicted molar refractivity (Wildman–Crippen MR) is 66.6 cm³/mol. The molecule has 0 N–H and O–H groups in total. The maximum Gasteiger partial charge on any atom is 0.306 e. The zero-order valence-corrected chi connectivity index (χ0v) is 10.2. The summed E-state index contributed by atoms with van der Waals surface area (Å²) in [4.78, 5) is 31.6. The van der Waals surface area contributed by atoms with Crippen LogP contribution < -0.4 is 0 Å². The molecular formula is C13H11NO5. The summed E-state index contributed by atoms with van der Waals surface area (Å²) >= 11 is 0. The largest absolute Gasteiger partial charge is 0.469 e. The summed E-state index contributed by atoms with van der Waals surface area (Å²) in [5.74, 6) is 4.99. The first-order valence-electron chi connectivity index (χ1n) is 5.37. The molecule has 0 atom stereocenters. The predicted octanol–water partition coefficient (Wildman–Crippen LogP) is 1.71. The van der Waals surface area contributed by atoms with E-state index in [4.69, 9.17) is 0 Å². The van der Waals surface area contributed by atoms with E-state index in [1.807, 2.05) is 0 Å². The van der Waals surface area contributed by atoms with Gasteiger partial charge in [0.2, 0.25) is 0 Å². The van der Waals surface area contributed by atoms with Gasteiger partial charge in [0.15, 0.2) is 0 Å². The van der Waals surface area contributed by atoms with Crippen molar-refractivity contribution in [2.24, 2.45) is 0 Å². The van der Waals surface area contributed by atoms with Crippen LogP contribution in [0.2, 0.25) is 0 Å². The highest BCUT2D eigenvalue weighted by molar-refractivity contribution is 5.77. The number of non-ortho nitro benzene ring substituents is 1. The number of carbonyl (C=O) groups excluding carboxylic acids is 2. The molecule has 0 fully saturated rings. The van der Waals surface area contributed by atoms with Crippen LogP contribution in [0.3, 0.4) is 0 Å². The number of aldehydes is 1. The van der Waals surface area contributed by atoms with E-state index < -0.39 is 4.92 Å². The van der Waals surface area contributed by atoms with Crippen molar-refractivity contribution in [2.45, 2.75) is 12.8 Å². The summed E-state index contributed by atoms with van der Waals surface area (Å²) in [6.07, 6.45) is 0.956. The minimum Gasteiger partial charge on any atom is -0.469 e. The maximum atomic E-state index is 10.8. The smallest absolute Gasteiger partial charge is 0.306 e. The summed E-state index contributed by atoms with van der Waals surface area (Å²) in [6, 6.07) is 3.90. The second-order valence-corrected chi connectivity index (χ2v) is 3.57. The molecule has 0 aliphatic rings. The van der Waals surface area contributed by atoms with Gasteiger partial charge in [0.25, 0.3) is 5.69 Å². The van der Waals surface area contributed by atoms with E-state index >= 15 is 0 Å². The van der Waals surface area contributed by atoms with Crippen LogP contribution in [0.1, 0.15) is 28.8 Å². The highest BCUT2D eigenvalue weighted by Crippen LogP contribution is 2.15. The summed E-state index contributed by atoms with van der Waals surface area (Å²) in [5, 5.41) is 10.7. The first-order chi connectivity index (χ1) is 9.06. The van der Waals surface area contributed by atoms with Gasteiger partial charge in [-0.25, -0.2) is 0 Å². The molecule has 1 rings (SSSR count). The van der Waals surface area contributed by atoms with Crippen molar-refractivity contribution in [3.63, 3.8) is 0 Å². The van der Waals surface area contributed by atoms with Crippen molar-refractivity contribution < 1.29 is 19.2 Å². The molecule has 0 aliphatic carbocycles. The van der Waals surface area contributed by atoms with Crippen LogP contribution >= 0.6 is 0 Å². The van der Waals surface area contributed by atoms with Gasteiger partial charge in [0.05, 0.1) is 18.5 Å². The van der Waals surface area contributed by atoms with Crippen molar-refractivity contribution in [3.8, 4) is 11.8 Å². The minimum atomic E-state index is -0.591. The van der Waals surface area contributed by atoms with Gasteiger partial charge in [-0.2, -0.15) is 0 Å². The zero-order valence-electron chi connectivity index (χ0n) is 10.2. The van der Waals surface area contributed by atoms with Crippen molar-refractivity contribution >= 4 is 17.9 Å². The lowest BCUT2D eigenvalue weighted by Crippen LogP contribution is -1.98. The van der Waals surface area contributed by atoms with Gasteiger partial charge in [0, 0.05) is 29.7 Å². The van der Waals surface area contributed by atoms with Gasteiger partial charge in [-0.15, -0.1) is 0 Å². The Morgan fingerprint density at radius 1 is 1.47 bits per heavy atom. The summed E-state index contributed by atoms with van der Waals surface area (Å²) in [5.41, 5.74) is 0.356. The van der Waals surface area contributed by atoms with E-state index in [0.29, 0.717) is 11.8 Å². The lowest BCUT2D eigenvalue weighted by Gasteiger charge is -1.95. The van der Waals surface area contributed by atoms with Crippen molar-refractivity contribution in [2.75, 3.05) is 7.11 Å². The third-order valence-corrected chi connectivity index (χ3v) is 2.20. The summed E-state index contributed by atoms with van der Waals surface area (Å²) in [7, 11) is 1.28. The van der Waals surface area contributed by atoms with Crippen LogP contribution in [-0.2, 0) is 9.53 Å². The summed E-state index contributed by atoms with van der Waals surface area (Å²) in [6.45, 7) is 0. The molecule has 0 amide bonds. The Bertz CT molecular complexity index is 568. The number of ether oxygens (including phenoxy) is 1. The Morgan fingerprint density at radius 3 is 2.79 bits per heavy atom. The molecule has 0 spiro atoms. The number of nitrogens with zero attached hydrogens (tertiary/aromatic N) is 1. The highest BCUT2D eigenvalue weighted by atomic mass is 16.6. The van der Waals surface area contributed by atoms with Gasteiger partial charge in [-0.3, -0.25) is 19.7 Å². The number of benzene rings is 1. The minimum absolute atomic E-state index is 0.152. The molecule has 0 bridgehead atoms. The number of methoxy groups -OCH3 is 1. The van der Waals surface area contributed by atoms with E-state index in [-0.39, 0.29) is 30.1 Å². The molecule has 1 aromatic carbocycles. The molecule has 6 nitrogen and oxygen atoms in total. The molecule has 98 valence electrons. The fraction of sp³-hybridized carbons (Fsp3) is 0.231. The lowest BCUT2D eigenvalue weighted by molar-refractivity contribution is -0.384. The van der Waals surface area contributed by atoms with Crippen LogP contribution in [0.25, 0.3) is 0 Å². The zero-order chi connectivity index (χ0) is 14.3. The van der Waals surface area contributed by atoms with Gasteiger partial charge in [-0.05, 0) is 6.07 Å². The maximum absolute atomic E-state index is 10.8. The van der Waals surface area contributed by atoms with Crippen molar-refractivity contribution in [1.82, 2.24) is 0 Å². The van der Waals surface area contributed by atoms with Crippen LogP contribution in [0, 0.1) is 22.0 Å². The van der Waals surface area contributed by atoms with Crippen LogP contribution in [0.4, 0.5) is 5.69 Å². The average Bonchev–Trinajstić information content (AvgIpc) is 2.42. The quantitative estimate of drug-likeness (QED) is 0.271. The van der Waals surface area contributed by atoms with Crippen LogP contribution in [0.5, 0.6) is 0 Å². The summed E-state index contributed by atoms with van der Waals surface area (Å²) < 4.78 is 4.45. The number of rotatable bonds is 4. The molecule has 0 aromatic heterocycles. The topological polar surface area (TPSA) is 86.5 Å². The standard InChI is InChI=1S/C13H11NO5/c1-19-13(16)5-3-2-4-10-6-11(9-15)8-12(7-10)14(17)18/h6-9H,3,5H2,1H3. The molecule has 0 aliphatic heterocycles. The van der Waals surface area contributed by atoms with E-state index in [1.165, 1.54) is 25.3 Å². The molecule has 1 aromatic rings.